The summed E-state index contributed by atoms with van der Waals surface area (Å²) in [4.78, 5) is 28.1. The van der Waals surface area contributed by atoms with E-state index in [1.807, 2.05) is 13.8 Å². The molecule has 0 heterocycles. The molecule has 10 heteroatoms. The van der Waals surface area contributed by atoms with Crippen LogP contribution >= 0.6 is 15.9 Å². The number of nitrogens with one attached hydrogen (secondary N) is 1. The fourth-order valence-electron chi connectivity index (χ4n) is 3.68. The van der Waals surface area contributed by atoms with Crippen LogP contribution in [-0.2, 0) is 26.2 Å². The molecule has 1 N–H and O–H groups in total. The van der Waals surface area contributed by atoms with Gasteiger partial charge in [-0.3, -0.25) is 13.9 Å². The van der Waals surface area contributed by atoms with Crippen LogP contribution in [0.25, 0.3) is 0 Å². The Labute approximate surface area is 231 Å². The molecule has 38 heavy (non-hydrogen) atoms. The molecule has 0 aliphatic heterocycles. The van der Waals surface area contributed by atoms with Gasteiger partial charge in [0.25, 0.3) is 10.0 Å². The zero-order valence-corrected chi connectivity index (χ0v) is 23.9. The van der Waals surface area contributed by atoms with Gasteiger partial charge in [0.05, 0.1) is 10.6 Å². The number of nitrogens with zero attached hydrogens (tertiary/aromatic N) is 2. The average Bonchev–Trinajstić information content (AvgIpc) is 2.90. The van der Waals surface area contributed by atoms with Gasteiger partial charge >= 0.3 is 0 Å². The fourth-order valence-corrected chi connectivity index (χ4v) is 5.38. The van der Waals surface area contributed by atoms with Gasteiger partial charge in [0.15, 0.2) is 0 Å². The minimum absolute atomic E-state index is 0.00502. The summed E-state index contributed by atoms with van der Waals surface area (Å²) in [6, 6.07) is 19.1. The molecule has 0 fully saturated rings. The summed E-state index contributed by atoms with van der Waals surface area (Å²) in [5, 5.41) is 2.83. The Bertz CT molecular complexity index is 1330. The van der Waals surface area contributed by atoms with E-state index in [4.69, 9.17) is 0 Å². The normalized spacial score (nSPS) is 12.2. The van der Waals surface area contributed by atoms with Gasteiger partial charge in [-0.25, -0.2) is 12.8 Å². The molecule has 0 bridgehead atoms. The van der Waals surface area contributed by atoms with Crippen LogP contribution in [0.5, 0.6) is 0 Å². The molecule has 0 spiro atoms. The van der Waals surface area contributed by atoms with Gasteiger partial charge in [-0.05, 0) is 66.9 Å². The minimum atomic E-state index is -4.12. The Balaban J connectivity index is 1.98. The Kier molecular flexibility index (Phi) is 10.0. The van der Waals surface area contributed by atoms with Crippen LogP contribution < -0.4 is 9.62 Å². The van der Waals surface area contributed by atoms with Crippen LogP contribution in [0.3, 0.4) is 0 Å². The monoisotopic (exact) mass is 603 g/mol. The van der Waals surface area contributed by atoms with Crippen molar-refractivity contribution in [2.45, 2.75) is 38.3 Å². The van der Waals surface area contributed by atoms with Crippen molar-refractivity contribution in [3.8, 4) is 0 Å². The first-order chi connectivity index (χ1) is 18.0. The summed E-state index contributed by atoms with van der Waals surface area (Å²) < 4.78 is 42.6. The summed E-state index contributed by atoms with van der Waals surface area (Å²) in [6.45, 7) is 5.38. The number of anilines is 1. The highest BCUT2D eigenvalue weighted by Crippen LogP contribution is 2.26. The molecule has 3 aromatic carbocycles. The number of rotatable bonds is 11. The second-order valence-corrected chi connectivity index (χ2v) is 12.0. The van der Waals surface area contributed by atoms with Crippen molar-refractivity contribution in [1.82, 2.24) is 10.2 Å². The predicted octanol–water partition coefficient (Wildman–Crippen LogP) is 4.97. The van der Waals surface area contributed by atoms with Crippen LogP contribution in [0.2, 0.25) is 0 Å². The lowest BCUT2D eigenvalue weighted by Crippen LogP contribution is -2.51. The number of hydrogen-bond donors (Lipinski definition) is 1. The quantitative estimate of drug-likeness (QED) is 0.335. The Hall–Kier alpha value is -3.24. The number of carbonyl (C=O) groups is 2. The van der Waals surface area contributed by atoms with E-state index in [0.717, 1.165) is 8.78 Å². The number of halogens is 2. The number of carbonyl (C=O) groups excluding carboxylic acids is 2. The van der Waals surface area contributed by atoms with Crippen molar-refractivity contribution in [3.05, 3.63) is 94.7 Å². The molecule has 0 aliphatic carbocycles. The molecule has 0 aliphatic rings. The van der Waals surface area contributed by atoms with Crippen molar-refractivity contribution in [2.24, 2.45) is 5.92 Å². The maximum Gasteiger partial charge on any atom is 0.264 e. The maximum absolute atomic E-state index is 13.8. The molecule has 0 aromatic heterocycles. The Morgan fingerprint density at radius 3 is 2.11 bits per heavy atom. The van der Waals surface area contributed by atoms with Crippen LogP contribution in [0.1, 0.15) is 26.3 Å². The van der Waals surface area contributed by atoms with Gasteiger partial charge < -0.3 is 10.2 Å². The van der Waals surface area contributed by atoms with Crippen molar-refractivity contribution in [1.29, 1.82) is 0 Å². The molecule has 2 amide bonds. The molecule has 3 rings (SSSR count). The van der Waals surface area contributed by atoms with E-state index in [-0.39, 0.29) is 23.3 Å². The highest BCUT2D eigenvalue weighted by molar-refractivity contribution is 9.10. The number of hydrogen-bond acceptors (Lipinski definition) is 4. The van der Waals surface area contributed by atoms with Gasteiger partial charge in [-0.15, -0.1) is 0 Å². The molecule has 0 radical (unpaired) electrons. The van der Waals surface area contributed by atoms with Crippen molar-refractivity contribution in [3.63, 3.8) is 0 Å². The molecule has 3 aromatic rings. The number of sulfonamides is 1. The van der Waals surface area contributed by atoms with Crippen LogP contribution in [0.4, 0.5) is 10.1 Å². The minimum Gasteiger partial charge on any atom is -0.354 e. The molecular weight excluding hydrogens is 573 g/mol. The summed E-state index contributed by atoms with van der Waals surface area (Å²) in [5.74, 6) is -1.17. The lowest BCUT2D eigenvalue weighted by atomic mass is 10.1. The SMILES string of the molecule is CC(C)CNC(=O)[C@@H](C)N(Cc1ccc(F)cc1)C(=O)CN(c1ccc(Br)cc1)S(=O)(=O)c1ccccc1. The van der Waals surface area contributed by atoms with E-state index in [9.17, 15) is 22.4 Å². The third-order valence-corrected chi connectivity index (χ3v) is 8.16. The van der Waals surface area contributed by atoms with Crippen LogP contribution in [-0.4, -0.2) is 44.3 Å². The fraction of sp³-hybridized carbons (Fsp3) is 0.286. The van der Waals surface area contributed by atoms with Gasteiger partial charge in [-0.1, -0.05) is 60.1 Å². The van der Waals surface area contributed by atoms with E-state index < -0.39 is 34.3 Å². The number of benzene rings is 3. The highest BCUT2D eigenvalue weighted by Gasteiger charge is 2.32. The van der Waals surface area contributed by atoms with E-state index in [1.165, 1.54) is 41.3 Å². The average molecular weight is 605 g/mol. The second-order valence-electron chi connectivity index (χ2n) is 9.26. The summed E-state index contributed by atoms with van der Waals surface area (Å²) in [5.41, 5.74) is 0.897. The van der Waals surface area contributed by atoms with Gasteiger partial charge in [0.1, 0.15) is 18.4 Å². The van der Waals surface area contributed by atoms with Crippen molar-refractivity contribution < 1.29 is 22.4 Å². The molecule has 0 saturated carbocycles. The molecule has 0 saturated heterocycles. The van der Waals surface area contributed by atoms with Gasteiger partial charge in [0, 0.05) is 17.6 Å². The van der Waals surface area contributed by atoms with E-state index >= 15 is 0 Å². The maximum atomic E-state index is 13.8. The largest absolute Gasteiger partial charge is 0.354 e. The van der Waals surface area contributed by atoms with E-state index in [2.05, 4.69) is 21.2 Å². The van der Waals surface area contributed by atoms with E-state index in [1.54, 1.807) is 49.4 Å². The van der Waals surface area contributed by atoms with Crippen molar-refractivity contribution >= 4 is 43.5 Å². The summed E-state index contributed by atoms with van der Waals surface area (Å²) >= 11 is 3.35. The molecule has 0 unspecified atom stereocenters. The predicted molar refractivity (Wildman–Crippen MR) is 149 cm³/mol. The number of amides is 2. The van der Waals surface area contributed by atoms with Gasteiger partial charge in [0.2, 0.25) is 11.8 Å². The van der Waals surface area contributed by atoms with Crippen LogP contribution in [0.15, 0.2) is 88.2 Å². The smallest absolute Gasteiger partial charge is 0.264 e. The lowest BCUT2D eigenvalue weighted by Gasteiger charge is -2.32. The van der Waals surface area contributed by atoms with Crippen LogP contribution in [0, 0.1) is 11.7 Å². The van der Waals surface area contributed by atoms with Gasteiger partial charge in [-0.2, -0.15) is 0 Å². The highest BCUT2D eigenvalue weighted by atomic mass is 79.9. The molecular formula is C28H31BrFN3O4S. The van der Waals surface area contributed by atoms with E-state index in [0.29, 0.717) is 17.8 Å². The topological polar surface area (TPSA) is 86.8 Å². The third-order valence-electron chi connectivity index (χ3n) is 5.84. The summed E-state index contributed by atoms with van der Waals surface area (Å²) in [6.07, 6.45) is 0. The zero-order valence-electron chi connectivity index (χ0n) is 21.5. The third kappa shape index (κ3) is 7.64. The second kappa shape index (κ2) is 13.0. The molecule has 7 nitrogen and oxygen atoms in total. The standard InChI is InChI=1S/C28H31BrFN3O4S/c1-20(2)17-31-28(35)21(3)32(18-22-9-13-24(30)14-10-22)27(34)19-33(25-15-11-23(29)12-16-25)38(36,37)26-7-5-4-6-8-26/h4-16,20-21H,17-19H2,1-3H3,(H,31,35)/t21-/m1/s1. The first-order valence-electron chi connectivity index (χ1n) is 12.1. The first kappa shape index (κ1) is 29.3. The molecule has 202 valence electrons. The van der Waals surface area contributed by atoms with Crippen molar-refractivity contribution in [2.75, 3.05) is 17.4 Å². The Morgan fingerprint density at radius 1 is 0.921 bits per heavy atom. The first-order valence-corrected chi connectivity index (χ1v) is 14.4. The summed E-state index contributed by atoms with van der Waals surface area (Å²) in [7, 11) is -4.12. The Morgan fingerprint density at radius 2 is 1.53 bits per heavy atom. The lowest BCUT2D eigenvalue weighted by molar-refractivity contribution is -0.139. The zero-order chi connectivity index (χ0) is 27.9. The molecule has 1 atom stereocenters.